The van der Waals surface area contributed by atoms with Crippen molar-refractivity contribution in [3.05, 3.63) is 23.9 Å². The highest BCUT2D eigenvalue weighted by molar-refractivity contribution is 7.89. The lowest BCUT2D eigenvalue weighted by atomic mass is 10.2. The molecule has 6 nitrogen and oxygen atoms in total. The second-order valence-electron chi connectivity index (χ2n) is 4.27. The van der Waals surface area contributed by atoms with E-state index < -0.39 is 10.0 Å². The minimum Gasteiger partial charge on any atom is -0.353 e. The molecule has 0 aromatic carbocycles. The SMILES string of the molecule is CCS(=O)(=O)N1CCN(c2ncccc2C#N)CC1. The van der Waals surface area contributed by atoms with Crippen LogP contribution in [-0.4, -0.2) is 49.6 Å². The highest BCUT2D eigenvalue weighted by Crippen LogP contribution is 2.19. The van der Waals surface area contributed by atoms with Crippen LogP contribution in [-0.2, 0) is 10.0 Å². The third-order valence-corrected chi connectivity index (χ3v) is 5.09. The van der Waals surface area contributed by atoms with Crippen LogP contribution in [0.2, 0.25) is 0 Å². The van der Waals surface area contributed by atoms with Crippen molar-refractivity contribution in [1.82, 2.24) is 9.29 Å². The van der Waals surface area contributed by atoms with Gasteiger partial charge in [0.05, 0.1) is 11.3 Å². The van der Waals surface area contributed by atoms with Crippen molar-refractivity contribution >= 4 is 15.8 Å². The molecular formula is C12H16N4O2S. The van der Waals surface area contributed by atoms with Crippen LogP contribution in [0, 0.1) is 11.3 Å². The number of piperazine rings is 1. The number of nitrogens with zero attached hydrogens (tertiary/aromatic N) is 4. The van der Waals surface area contributed by atoms with Gasteiger partial charge < -0.3 is 4.90 Å². The Balaban J connectivity index is 2.11. The van der Waals surface area contributed by atoms with Gasteiger partial charge in [0.1, 0.15) is 11.9 Å². The van der Waals surface area contributed by atoms with Crippen LogP contribution < -0.4 is 4.90 Å². The van der Waals surface area contributed by atoms with E-state index in [0.717, 1.165) is 0 Å². The number of anilines is 1. The molecule has 1 fully saturated rings. The van der Waals surface area contributed by atoms with Gasteiger partial charge in [0, 0.05) is 32.4 Å². The van der Waals surface area contributed by atoms with E-state index in [2.05, 4.69) is 11.1 Å². The summed E-state index contributed by atoms with van der Waals surface area (Å²) in [4.78, 5) is 6.17. The molecule has 0 atom stereocenters. The van der Waals surface area contributed by atoms with Gasteiger partial charge in [-0.25, -0.2) is 13.4 Å². The van der Waals surface area contributed by atoms with E-state index in [4.69, 9.17) is 5.26 Å². The number of hydrogen-bond donors (Lipinski definition) is 0. The first-order valence-electron chi connectivity index (χ1n) is 6.16. The summed E-state index contributed by atoms with van der Waals surface area (Å²) < 4.78 is 25.0. The number of rotatable bonds is 3. The first-order valence-corrected chi connectivity index (χ1v) is 7.77. The number of hydrogen-bond acceptors (Lipinski definition) is 5. The first-order chi connectivity index (χ1) is 9.08. The fourth-order valence-electron chi connectivity index (χ4n) is 2.10. The van der Waals surface area contributed by atoms with Crippen LogP contribution in [0.4, 0.5) is 5.82 Å². The van der Waals surface area contributed by atoms with E-state index in [9.17, 15) is 8.42 Å². The third-order valence-electron chi connectivity index (χ3n) is 3.20. The molecule has 0 unspecified atom stereocenters. The van der Waals surface area contributed by atoms with E-state index >= 15 is 0 Å². The minimum atomic E-state index is -3.12. The van der Waals surface area contributed by atoms with Crippen molar-refractivity contribution in [3.8, 4) is 6.07 Å². The molecule has 0 aliphatic carbocycles. The normalized spacial score (nSPS) is 17.2. The summed E-state index contributed by atoms with van der Waals surface area (Å²) >= 11 is 0. The molecule has 1 aliphatic heterocycles. The van der Waals surface area contributed by atoms with Crippen molar-refractivity contribution in [2.24, 2.45) is 0 Å². The smallest absolute Gasteiger partial charge is 0.213 e. The molecule has 1 aromatic heterocycles. The predicted octanol–water partition coefficient (Wildman–Crippen LogP) is 0.425. The van der Waals surface area contributed by atoms with Gasteiger partial charge >= 0.3 is 0 Å². The monoisotopic (exact) mass is 280 g/mol. The molecule has 0 amide bonds. The summed E-state index contributed by atoms with van der Waals surface area (Å²) in [6, 6.07) is 5.55. The van der Waals surface area contributed by atoms with E-state index in [1.807, 2.05) is 4.90 Å². The molecule has 0 spiro atoms. The summed E-state index contributed by atoms with van der Waals surface area (Å²) in [5.74, 6) is 0.763. The zero-order chi connectivity index (χ0) is 13.9. The number of pyridine rings is 1. The second kappa shape index (κ2) is 5.55. The number of sulfonamides is 1. The van der Waals surface area contributed by atoms with Crippen molar-refractivity contribution in [3.63, 3.8) is 0 Å². The molecule has 0 bridgehead atoms. The average molecular weight is 280 g/mol. The van der Waals surface area contributed by atoms with Crippen LogP contribution in [0.5, 0.6) is 0 Å². The van der Waals surface area contributed by atoms with Gasteiger partial charge in [-0.1, -0.05) is 0 Å². The molecule has 2 rings (SSSR count). The molecule has 1 aromatic rings. The summed E-state index contributed by atoms with van der Waals surface area (Å²) in [5.41, 5.74) is 0.522. The standard InChI is InChI=1S/C12H16N4O2S/c1-2-19(17,18)16-8-6-15(7-9-16)12-11(10-13)4-3-5-14-12/h3-5H,2,6-9H2,1H3. The van der Waals surface area contributed by atoms with Gasteiger partial charge in [0.2, 0.25) is 10.0 Å². The Kier molecular flexibility index (Phi) is 4.02. The van der Waals surface area contributed by atoms with E-state index in [1.54, 1.807) is 25.3 Å². The molecule has 19 heavy (non-hydrogen) atoms. The van der Waals surface area contributed by atoms with Gasteiger partial charge in [-0.3, -0.25) is 0 Å². The maximum absolute atomic E-state index is 11.8. The van der Waals surface area contributed by atoms with Gasteiger partial charge in [-0.2, -0.15) is 9.57 Å². The summed E-state index contributed by atoms with van der Waals surface area (Å²) in [7, 11) is -3.12. The number of aromatic nitrogens is 1. The van der Waals surface area contributed by atoms with Crippen molar-refractivity contribution < 1.29 is 8.42 Å². The second-order valence-corrected chi connectivity index (χ2v) is 6.53. The Bertz CT molecular complexity index is 586. The van der Waals surface area contributed by atoms with Crippen LogP contribution in [0.15, 0.2) is 18.3 Å². The third kappa shape index (κ3) is 2.85. The topological polar surface area (TPSA) is 77.3 Å². The summed E-state index contributed by atoms with van der Waals surface area (Å²) in [5, 5.41) is 9.05. The van der Waals surface area contributed by atoms with E-state index in [1.165, 1.54) is 4.31 Å². The molecule has 0 N–H and O–H groups in total. The summed E-state index contributed by atoms with van der Waals surface area (Å²) in [6.07, 6.45) is 1.64. The van der Waals surface area contributed by atoms with E-state index in [0.29, 0.717) is 37.6 Å². The minimum absolute atomic E-state index is 0.125. The molecule has 1 saturated heterocycles. The van der Waals surface area contributed by atoms with Gasteiger partial charge in [0.25, 0.3) is 0 Å². The average Bonchev–Trinajstić information content (AvgIpc) is 2.47. The molecule has 0 saturated carbocycles. The molecule has 0 radical (unpaired) electrons. The Morgan fingerprint density at radius 3 is 2.63 bits per heavy atom. The van der Waals surface area contributed by atoms with Crippen LogP contribution in [0.3, 0.4) is 0 Å². The van der Waals surface area contributed by atoms with Gasteiger partial charge in [0.15, 0.2) is 0 Å². The van der Waals surface area contributed by atoms with Crippen LogP contribution in [0.1, 0.15) is 12.5 Å². The number of nitriles is 1. The first kappa shape index (κ1) is 13.8. The molecule has 7 heteroatoms. The Labute approximate surface area is 113 Å². The highest BCUT2D eigenvalue weighted by Gasteiger charge is 2.26. The maximum Gasteiger partial charge on any atom is 0.213 e. The fourth-order valence-corrected chi connectivity index (χ4v) is 3.18. The zero-order valence-corrected chi connectivity index (χ0v) is 11.6. The lowest BCUT2D eigenvalue weighted by Crippen LogP contribution is -2.49. The lowest BCUT2D eigenvalue weighted by Gasteiger charge is -2.34. The summed E-state index contributed by atoms with van der Waals surface area (Å²) in [6.45, 7) is 3.65. The Hall–Kier alpha value is -1.65. The van der Waals surface area contributed by atoms with Crippen molar-refractivity contribution in [2.75, 3.05) is 36.8 Å². The highest BCUT2D eigenvalue weighted by atomic mass is 32.2. The zero-order valence-electron chi connectivity index (χ0n) is 10.8. The van der Waals surface area contributed by atoms with E-state index in [-0.39, 0.29) is 5.75 Å². The molecule has 2 heterocycles. The lowest BCUT2D eigenvalue weighted by molar-refractivity contribution is 0.384. The van der Waals surface area contributed by atoms with Crippen LogP contribution in [0.25, 0.3) is 0 Å². The van der Waals surface area contributed by atoms with Gasteiger partial charge in [-0.15, -0.1) is 0 Å². The predicted molar refractivity (Wildman–Crippen MR) is 72.2 cm³/mol. The largest absolute Gasteiger partial charge is 0.353 e. The Morgan fingerprint density at radius 2 is 2.05 bits per heavy atom. The van der Waals surface area contributed by atoms with Crippen LogP contribution >= 0.6 is 0 Å². The maximum atomic E-state index is 11.8. The molecule has 1 aliphatic rings. The van der Waals surface area contributed by atoms with Gasteiger partial charge in [-0.05, 0) is 19.1 Å². The van der Waals surface area contributed by atoms with Crippen molar-refractivity contribution in [1.29, 1.82) is 5.26 Å². The quantitative estimate of drug-likeness (QED) is 0.802. The molecule has 102 valence electrons. The van der Waals surface area contributed by atoms with Crippen molar-refractivity contribution in [2.45, 2.75) is 6.92 Å². The fraction of sp³-hybridized carbons (Fsp3) is 0.500. The Morgan fingerprint density at radius 1 is 1.37 bits per heavy atom. The molecular weight excluding hydrogens is 264 g/mol.